The minimum atomic E-state index is 0.0142. The Bertz CT molecular complexity index is 251. The fraction of sp³-hybridized carbons (Fsp3) is 0.667. The Hall–Kier alpha value is -1.03. The Kier molecular flexibility index (Phi) is 2.00. The van der Waals surface area contributed by atoms with Gasteiger partial charge in [0, 0.05) is 19.6 Å². The Labute approximate surface area is 78.2 Å². The summed E-state index contributed by atoms with van der Waals surface area (Å²) in [4.78, 5) is 11.3. The van der Waals surface area contributed by atoms with Crippen molar-refractivity contribution in [2.24, 2.45) is 0 Å². The SMILES string of the molecule is C=C1NCCN2CCC(C(C)=O)N12. The molecule has 13 heavy (non-hydrogen) atoms. The average molecular weight is 181 g/mol. The van der Waals surface area contributed by atoms with Crippen LogP contribution in [-0.4, -0.2) is 41.5 Å². The summed E-state index contributed by atoms with van der Waals surface area (Å²) in [7, 11) is 0. The molecule has 0 spiro atoms. The van der Waals surface area contributed by atoms with E-state index in [1.165, 1.54) is 0 Å². The fourth-order valence-electron chi connectivity index (χ4n) is 2.06. The van der Waals surface area contributed by atoms with E-state index in [-0.39, 0.29) is 11.8 Å². The molecular formula is C9H15N3O. The lowest BCUT2D eigenvalue weighted by molar-refractivity contribution is -0.124. The zero-order valence-corrected chi connectivity index (χ0v) is 7.92. The van der Waals surface area contributed by atoms with Crippen molar-refractivity contribution in [2.75, 3.05) is 19.6 Å². The first kappa shape index (κ1) is 8.56. The second-order valence-corrected chi connectivity index (χ2v) is 3.59. The van der Waals surface area contributed by atoms with E-state index in [0.717, 1.165) is 31.9 Å². The van der Waals surface area contributed by atoms with Gasteiger partial charge < -0.3 is 5.32 Å². The monoisotopic (exact) mass is 181 g/mol. The zero-order valence-electron chi connectivity index (χ0n) is 7.92. The van der Waals surface area contributed by atoms with Gasteiger partial charge in [0.1, 0.15) is 11.9 Å². The van der Waals surface area contributed by atoms with Crippen LogP contribution in [-0.2, 0) is 4.79 Å². The molecule has 0 radical (unpaired) electrons. The number of Topliss-reactive ketones (excluding diaryl/α,β-unsaturated/α-hetero) is 1. The number of carbonyl (C=O) groups excluding carboxylic acids is 1. The topological polar surface area (TPSA) is 35.6 Å². The summed E-state index contributed by atoms with van der Waals surface area (Å²) in [5.74, 6) is 1.09. The van der Waals surface area contributed by atoms with Crippen LogP contribution in [0.2, 0.25) is 0 Å². The number of nitrogens with one attached hydrogen (secondary N) is 1. The summed E-state index contributed by atoms with van der Waals surface area (Å²) in [6.45, 7) is 8.44. The van der Waals surface area contributed by atoms with Gasteiger partial charge in [-0.15, -0.1) is 0 Å². The van der Waals surface area contributed by atoms with Gasteiger partial charge in [-0.25, -0.2) is 5.01 Å². The number of fused-ring (bicyclic) bond motifs is 1. The molecule has 72 valence electrons. The third-order valence-electron chi connectivity index (χ3n) is 2.71. The molecule has 2 saturated heterocycles. The minimum Gasteiger partial charge on any atom is -0.370 e. The number of hydrogen-bond donors (Lipinski definition) is 1. The highest BCUT2D eigenvalue weighted by Crippen LogP contribution is 2.23. The molecule has 0 bridgehead atoms. The van der Waals surface area contributed by atoms with Crippen molar-refractivity contribution in [2.45, 2.75) is 19.4 Å². The summed E-state index contributed by atoms with van der Waals surface area (Å²) >= 11 is 0. The zero-order chi connectivity index (χ0) is 9.42. The largest absolute Gasteiger partial charge is 0.370 e. The van der Waals surface area contributed by atoms with Crippen molar-refractivity contribution in [3.63, 3.8) is 0 Å². The lowest BCUT2D eigenvalue weighted by Crippen LogP contribution is -2.52. The standard InChI is InChI=1S/C9H15N3O/c1-7(13)9-3-5-11-6-4-10-8(2)12(9)11/h9-10H,2-6H2,1H3. The van der Waals surface area contributed by atoms with E-state index < -0.39 is 0 Å². The molecule has 4 heteroatoms. The number of carbonyl (C=O) groups is 1. The van der Waals surface area contributed by atoms with Crippen LogP contribution in [0.5, 0.6) is 0 Å². The van der Waals surface area contributed by atoms with Crippen molar-refractivity contribution in [1.82, 2.24) is 15.3 Å². The Morgan fingerprint density at radius 2 is 2.38 bits per heavy atom. The third kappa shape index (κ3) is 1.31. The molecule has 1 unspecified atom stereocenters. The number of hydrogen-bond acceptors (Lipinski definition) is 4. The van der Waals surface area contributed by atoms with Crippen LogP contribution in [0.3, 0.4) is 0 Å². The van der Waals surface area contributed by atoms with Crippen LogP contribution in [0.4, 0.5) is 0 Å². The summed E-state index contributed by atoms with van der Waals surface area (Å²) in [5, 5.41) is 7.38. The lowest BCUT2D eigenvalue weighted by Gasteiger charge is -2.39. The fourth-order valence-corrected chi connectivity index (χ4v) is 2.06. The molecular weight excluding hydrogens is 166 g/mol. The first-order valence-corrected chi connectivity index (χ1v) is 4.67. The highest BCUT2D eigenvalue weighted by atomic mass is 16.1. The Balaban J connectivity index is 2.18. The van der Waals surface area contributed by atoms with E-state index in [0.29, 0.717) is 0 Å². The maximum absolute atomic E-state index is 11.3. The van der Waals surface area contributed by atoms with Gasteiger partial charge in [0.05, 0.1) is 0 Å². The molecule has 2 aliphatic rings. The molecule has 2 aliphatic heterocycles. The first-order chi connectivity index (χ1) is 6.20. The maximum atomic E-state index is 11.3. The van der Waals surface area contributed by atoms with Crippen molar-refractivity contribution in [3.05, 3.63) is 12.4 Å². The smallest absolute Gasteiger partial charge is 0.153 e. The molecule has 0 aromatic carbocycles. The second-order valence-electron chi connectivity index (χ2n) is 3.59. The van der Waals surface area contributed by atoms with Crippen LogP contribution in [0, 0.1) is 0 Å². The van der Waals surface area contributed by atoms with Crippen molar-refractivity contribution in [1.29, 1.82) is 0 Å². The van der Waals surface area contributed by atoms with Gasteiger partial charge in [-0.3, -0.25) is 9.80 Å². The highest BCUT2D eigenvalue weighted by Gasteiger charge is 2.36. The van der Waals surface area contributed by atoms with Crippen LogP contribution in [0.1, 0.15) is 13.3 Å². The molecule has 2 fully saturated rings. The normalized spacial score (nSPS) is 28.5. The van der Waals surface area contributed by atoms with Gasteiger partial charge in [0.2, 0.25) is 0 Å². The van der Waals surface area contributed by atoms with E-state index in [1.807, 2.05) is 5.01 Å². The summed E-state index contributed by atoms with van der Waals surface area (Å²) in [6, 6.07) is 0.0142. The van der Waals surface area contributed by atoms with Crippen molar-refractivity contribution >= 4 is 5.78 Å². The minimum absolute atomic E-state index is 0.0142. The Morgan fingerprint density at radius 3 is 3.08 bits per heavy atom. The molecule has 0 saturated carbocycles. The highest BCUT2D eigenvalue weighted by molar-refractivity contribution is 5.81. The van der Waals surface area contributed by atoms with Crippen LogP contribution < -0.4 is 5.32 Å². The number of rotatable bonds is 1. The third-order valence-corrected chi connectivity index (χ3v) is 2.71. The van der Waals surface area contributed by atoms with Crippen molar-refractivity contribution < 1.29 is 4.79 Å². The first-order valence-electron chi connectivity index (χ1n) is 4.67. The number of hydrazine groups is 1. The van der Waals surface area contributed by atoms with E-state index in [1.54, 1.807) is 6.92 Å². The summed E-state index contributed by atoms with van der Waals surface area (Å²) in [5.41, 5.74) is 0. The quantitative estimate of drug-likeness (QED) is 0.615. The summed E-state index contributed by atoms with van der Waals surface area (Å²) < 4.78 is 0. The van der Waals surface area contributed by atoms with Crippen LogP contribution >= 0.6 is 0 Å². The van der Waals surface area contributed by atoms with Gasteiger partial charge >= 0.3 is 0 Å². The molecule has 1 atom stereocenters. The molecule has 0 aromatic heterocycles. The van der Waals surface area contributed by atoms with E-state index in [2.05, 4.69) is 16.9 Å². The second kappa shape index (κ2) is 3.03. The van der Waals surface area contributed by atoms with E-state index in [4.69, 9.17) is 0 Å². The Morgan fingerprint density at radius 1 is 1.62 bits per heavy atom. The molecule has 0 amide bonds. The van der Waals surface area contributed by atoms with E-state index in [9.17, 15) is 4.79 Å². The lowest BCUT2D eigenvalue weighted by atomic mass is 10.1. The number of nitrogens with zero attached hydrogens (tertiary/aromatic N) is 2. The molecule has 2 rings (SSSR count). The average Bonchev–Trinajstić information content (AvgIpc) is 2.49. The summed E-state index contributed by atoms with van der Waals surface area (Å²) in [6.07, 6.45) is 0.927. The van der Waals surface area contributed by atoms with Crippen LogP contribution in [0.15, 0.2) is 12.4 Å². The van der Waals surface area contributed by atoms with Crippen LogP contribution in [0.25, 0.3) is 0 Å². The number of ketones is 1. The molecule has 0 aliphatic carbocycles. The molecule has 0 aromatic rings. The maximum Gasteiger partial charge on any atom is 0.153 e. The van der Waals surface area contributed by atoms with Gasteiger partial charge in [0.15, 0.2) is 5.78 Å². The van der Waals surface area contributed by atoms with Gasteiger partial charge in [-0.1, -0.05) is 6.58 Å². The van der Waals surface area contributed by atoms with Gasteiger partial charge in [-0.05, 0) is 13.3 Å². The molecule has 4 nitrogen and oxygen atoms in total. The van der Waals surface area contributed by atoms with Gasteiger partial charge in [0.25, 0.3) is 0 Å². The molecule has 2 heterocycles. The predicted molar refractivity (Wildman–Crippen MR) is 49.6 cm³/mol. The van der Waals surface area contributed by atoms with Crippen molar-refractivity contribution in [3.8, 4) is 0 Å². The van der Waals surface area contributed by atoms with Gasteiger partial charge in [-0.2, -0.15) is 0 Å². The van der Waals surface area contributed by atoms with E-state index >= 15 is 0 Å². The molecule has 1 N–H and O–H groups in total. The predicted octanol–water partition coefficient (Wildman–Crippen LogP) is -0.0589.